The average molecular weight is 487 g/mol. The van der Waals surface area contributed by atoms with Crippen molar-refractivity contribution in [3.8, 4) is 0 Å². The van der Waals surface area contributed by atoms with Crippen LogP contribution in [0, 0.1) is 6.92 Å². The number of hydrogen-bond acceptors (Lipinski definition) is 8. The molecule has 0 fully saturated rings. The van der Waals surface area contributed by atoms with Crippen molar-refractivity contribution in [2.24, 2.45) is 4.99 Å². The molecule has 0 bridgehead atoms. The standard InChI is InChI=1S/C20H19N7O2S3/c1-14-11-17(24-23-14)22-19-13-26(12-18-21-8-9-27(18)19)31-16-6-4-15(5-7-16)25-32(28,29)20-3-2-10-30-20/h2-11,13,25H,12H2,1H3,(H2,22,23,24)/p+1. The monoisotopic (exact) mass is 486 g/mol. The largest absolute Gasteiger partial charge is 0.300 e. The Morgan fingerprint density at radius 3 is 2.81 bits per heavy atom. The molecule has 1 unspecified atom stereocenters. The van der Waals surface area contributed by atoms with Gasteiger partial charge < -0.3 is 0 Å². The fourth-order valence-corrected chi connectivity index (χ4v) is 6.19. The number of aryl methyl sites for hydroxylation is 1. The van der Waals surface area contributed by atoms with E-state index in [1.165, 1.54) is 11.3 Å². The summed E-state index contributed by atoms with van der Waals surface area (Å²) >= 11 is 2.74. The molecule has 2 aromatic heterocycles. The number of nitrogens with one attached hydrogen (secondary N) is 4. The zero-order valence-electron chi connectivity index (χ0n) is 16.9. The van der Waals surface area contributed by atoms with Gasteiger partial charge >= 0.3 is 0 Å². The molecule has 1 aromatic carbocycles. The maximum absolute atomic E-state index is 12.4. The van der Waals surface area contributed by atoms with Crippen molar-refractivity contribution in [2.75, 3.05) is 16.6 Å². The van der Waals surface area contributed by atoms with Crippen LogP contribution in [0.1, 0.15) is 5.69 Å². The van der Waals surface area contributed by atoms with Gasteiger partial charge in [-0.3, -0.25) is 19.4 Å². The van der Waals surface area contributed by atoms with E-state index < -0.39 is 10.0 Å². The van der Waals surface area contributed by atoms with Crippen LogP contribution in [0.25, 0.3) is 0 Å². The van der Waals surface area contributed by atoms with E-state index >= 15 is 0 Å². The Morgan fingerprint density at radius 2 is 2.09 bits per heavy atom. The second-order valence-electron chi connectivity index (χ2n) is 7.14. The van der Waals surface area contributed by atoms with Crippen molar-refractivity contribution in [3.05, 3.63) is 78.0 Å². The van der Waals surface area contributed by atoms with Crippen molar-refractivity contribution in [2.45, 2.75) is 16.0 Å². The number of fused-ring (bicyclic) bond motifs is 1. The smallest absolute Gasteiger partial charge is 0.271 e. The third-order valence-corrected chi connectivity index (χ3v) is 8.44. The Balaban J connectivity index is 1.30. The quantitative estimate of drug-likeness (QED) is 0.383. The second-order valence-corrected chi connectivity index (χ2v) is 11.1. The number of benzene rings is 1. The third-order valence-electron chi connectivity index (χ3n) is 4.71. The molecule has 164 valence electrons. The summed E-state index contributed by atoms with van der Waals surface area (Å²) in [6, 6.07) is 12.6. The molecule has 0 radical (unpaired) electrons. The Labute approximate surface area is 193 Å². The first-order chi connectivity index (χ1) is 15.5. The van der Waals surface area contributed by atoms with E-state index in [9.17, 15) is 8.42 Å². The minimum Gasteiger partial charge on any atom is -0.300 e. The molecule has 9 nitrogen and oxygen atoms in total. The summed E-state index contributed by atoms with van der Waals surface area (Å²) in [5, 5.41) is 12.3. The number of anilines is 2. The lowest BCUT2D eigenvalue weighted by atomic mass is 10.3. The third kappa shape index (κ3) is 4.43. The fourth-order valence-electron chi connectivity index (χ4n) is 3.26. The zero-order valence-corrected chi connectivity index (χ0v) is 19.4. The summed E-state index contributed by atoms with van der Waals surface area (Å²) in [5.41, 5.74) is 1.50. The van der Waals surface area contributed by atoms with Gasteiger partial charge in [-0.1, -0.05) is 6.07 Å². The number of thiophene rings is 1. The molecule has 0 spiro atoms. The van der Waals surface area contributed by atoms with Crippen LogP contribution in [0.2, 0.25) is 0 Å². The number of hydrogen-bond donors (Lipinski definition) is 4. The number of nitrogens with zero attached hydrogens (tertiary/aromatic N) is 3. The molecular formula is C20H20N7O2S3+. The van der Waals surface area contributed by atoms with Gasteiger partial charge in [-0.2, -0.15) is 5.10 Å². The molecule has 4 N–H and O–H groups in total. The molecule has 2 aliphatic heterocycles. The number of aromatic amines is 1. The first-order valence-corrected chi connectivity index (χ1v) is 12.8. The van der Waals surface area contributed by atoms with Crippen LogP contribution in [0.3, 0.4) is 0 Å². The van der Waals surface area contributed by atoms with E-state index in [1.807, 2.05) is 37.5 Å². The number of aliphatic imine (C=N–C) groups is 1. The van der Waals surface area contributed by atoms with E-state index in [0.717, 1.165) is 33.0 Å². The Morgan fingerprint density at radius 1 is 1.25 bits per heavy atom. The molecule has 0 saturated heterocycles. The maximum Gasteiger partial charge on any atom is 0.271 e. The first-order valence-electron chi connectivity index (χ1n) is 9.69. The molecule has 0 saturated carbocycles. The van der Waals surface area contributed by atoms with E-state index in [4.69, 9.17) is 0 Å². The molecule has 0 aliphatic carbocycles. The van der Waals surface area contributed by atoms with Crippen LogP contribution in [0.5, 0.6) is 0 Å². The summed E-state index contributed by atoms with van der Waals surface area (Å²) in [6.45, 7) is 2.61. The van der Waals surface area contributed by atoms with Crippen LogP contribution < -0.4 is 14.9 Å². The highest BCUT2D eigenvalue weighted by Gasteiger charge is 2.32. The second kappa shape index (κ2) is 8.47. The van der Waals surface area contributed by atoms with Crippen LogP contribution in [0.4, 0.5) is 11.5 Å². The predicted octanol–water partition coefficient (Wildman–Crippen LogP) is 2.58. The van der Waals surface area contributed by atoms with Gasteiger partial charge in [0.05, 0.1) is 12.4 Å². The Kier molecular flexibility index (Phi) is 5.51. The van der Waals surface area contributed by atoms with E-state index in [2.05, 4.69) is 29.5 Å². The van der Waals surface area contributed by atoms with Crippen LogP contribution in [0.15, 0.2) is 86.4 Å². The molecule has 1 atom stereocenters. The van der Waals surface area contributed by atoms with Crippen LogP contribution in [-0.4, -0.2) is 35.3 Å². The zero-order chi connectivity index (χ0) is 22.1. The summed E-state index contributed by atoms with van der Waals surface area (Å²) in [6.07, 6.45) is 5.83. The lowest BCUT2D eigenvalue weighted by Crippen LogP contribution is -3.10. The van der Waals surface area contributed by atoms with Crippen LogP contribution >= 0.6 is 23.3 Å². The van der Waals surface area contributed by atoms with Gasteiger partial charge in [0.25, 0.3) is 10.0 Å². The highest BCUT2D eigenvalue weighted by Crippen LogP contribution is 2.27. The van der Waals surface area contributed by atoms with Crippen molar-refractivity contribution < 1.29 is 13.3 Å². The molecule has 4 heterocycles. The van der Waals surface area contributed by atoms with Crippen LogP contribution in [-0.2, 0) is 10.0 Å². The normalized spacial score (nSPS) is 17.7. The maximum atomic E-state index is 12.4. The molecular weight excluding hydrogens is 466 g/mol. The summed E-state index contributed by atoms with van der Waals surface area (Å²) in [4.78, 5) is 6.52. The number of aromatic nitrogens is 2. The molecule has 32 heavy (non-hydrogen) atoms. The number of sulfonamides is 1. The van der Waals surface area contributed by atoms with E-state index in [1.54, 1.807) is 47.8 Å². The lowest BCUT2D eigenvalue weighted by molar-refractivity contribution is -0.699. The number of H-pyrrole nitrogens is 1. The van der Waals surface area contributed by atoms with Gasteiger partial charge in [0, 0.05) is 22.3 Å². The number of rotatable bonds is 7. The average Bonchev–Trinajstić information content (AvgIpc) is 3.51. The van der Waals surface area contributed by atoms with E-state index in [0.29, 0.717) is 16.4 Å². The van der Waals surface area contributed by atoms with Gasteiger partial charge in [-0.15, -0.1) is 11.3 Å². The fraction of sp³-hybridized carbons (Fsp3) is 0.100. The van der Waals surface area contributed by atoms with Gasteiger partial charge in [-0.25, -0.2) is 18.3 Å². The molecule has 0 amide bonds. The SMILES string of the molecule is Cc1cc(NC2=CN(Sc3ccc(NS(=O)(=O)c4cccs4)cc3)CC3=NC=C[NH+]23)n[nH]1. The minimum absolute atomic E-state index is 0.291. The van der Waals surface area contributed by atoms with Gasteiger partial charge in [0.15, 0.2) is 5.82 Å². The van der Waals surface area contributed by atoms with E-state index in [-0.39, 0.29) is 0 Å². The molecule has 12 heteroatoms. The van der Waals surface area contributed by atoms with Gasteiger partial charge in [-0.05, 0) is 54.6 Å². The lowest BCUT2D eigenvalue weighted by Gasteiger charge is -2.27. The van der Waals surface area contributed by atoms with Crippen molar-refractivity contribution in [3.63, 3.8) is 0 Å². The number of quaternary nitrogens is 1. The first kappa shape index (κ1) is 20.8. The van der Waals surface area contributed by atoms with Crippen molar-refractivity contribution in [1.29, 1.82) is 0 Å². The Bertz CT molecular complexity index is 1310. The van der Waals surface area contributed by atoms with Crippen molar-refractivity contribution in [1.82, 2.24) is 14.5 Å². The topological polar surface area (TPSA) is 107 Å². The number of amidine groups is 1. The molecule has 5 rings (SSSR count). The molecule has 2 aliphatic rings. The van der Waals surface area contributed by atoms with Gasteiger partial charge in [0.2, 0.25) is 11.7 Å². The van der Waals surface area contributed by atoms with Gasteiger partial charge in [0.1, 0.15) is 17.0 Å². The summed E-state index contributed by atoms with van der Waals surface area (Å²) in [5.74, 6) is 2.65. The summed E-state index contributed by atoms with van der Waals surface area (Å²) < 4.78 is 29.8. The Hall–Kier alpha value is -3.06. The highest BCUT2D eigenvalue weighted by atomic mass is 32.2. The molecule has 3 aromatic rings. The highest BCUT2D eigenvalue weighted by molar-refractivity contribution is 7.97. The minimum atomic E-state index is -3.56. The van der Waals surface area contributed by atoms with Crippen molar-refractivity contribution >= 4 is 50.6 Å². The summed E-state index contributed by atoms with van der Waals surface area (Å²) in [7, 11) is -3.56. The predicted molar refractivity (Wildman–Crippen MR) is 127 cm³/mol.